The SMILES string of the molecule is [Zn+2].c1c[n-]cn1.c1c[n-]cn1. The molecule has 0 aromatic carbocycles. The number of hydrogen-bond donors (Lipinski definition) is 0. The van der Waals surface area contributed by atoms with Crippen molar-refractivity contribution in [2.45, 2.75) is 0 Å². The van der Waals surface area contributed by atoms with Gasteiger partial charge < -0.3 is 19.9 Å². The van der Waals surface area contributed by atoms with Crippen molar-refractivity contribution >= 4 is 0 Å². The van der Waals surface area contributed by atoms with Gasteiger partial charge in [-0.25, -0.2) is 0 Å². The first-order valence-electron chi connectivity index (χ1n) is 2.73. The van der Waals surface area contributed by atoms with Crippen molar-refractivity contribution in [3.63, 3.8) is 0 Å². The van der Waals surface area contributed by atoms with Crippen molar-refractivity contribution in [2.24, 2.45) is 0 Å². The van der Waals surface area contributed by atoms with Crippen LogP contribution in [0.4, 0.5) is 0 Å². The van der Waals surface area contributed by atoms with Crippen molar-refractivity contribution < 1.29 is 19.5 Å². The summed E-state index contributed by atoms with van der Waals surface area (Å²) in [6.45, 7) is 0. The quantitative estimate of drug-likeness (QED) is 0.564. The molecule has 0 amide bonds. The third-order valence-corrected chi connectivity index (χ3v) is 0.744. The standard InChI is InChI=1S/2C3H3N2.Zn/c2*1-2-5-3-4-1;/h2*1-3H;/q2*-1;+2. The van der Waals surface area contributed by atoms with Crippen LogP contribution in [0.3, 0.4) is 0 Å². The first-order valence-corrected chi connectivity index (χ1v) is 2.73. The fraction of sp³-hybridized carbons (Fsp3) is 0. The summed E-state index contributed by atoms with van der Waals surface area (Å²) >= 11 is 0. The van der Waals surface area contributed by atoms with Crippen LogP contribution in [-0.2, 0) is 19.5 Å². The van der Waals surface area contributed by atoms with Crippen molar-refractivity contribution in [1.29, 1.82) is 0 Å². The molecule has 11 heavy (non-hydrogen) atoms. The summed E-state index contributed by atoms with van der Waals surface area (Å²) in [7, 11) is 0. The van der Waals surface area contributed by atoms with Gasteiger partial charge in [0, 0.05) is 0 Å². The summed E-state index contributed by atoms with van der Waals surface area (Å²) in [4.78, 5) is 14.4. The van der Waals surface area contributed by atoms with Crippen LogP contribution in [0.2, 0.25) is 0 Å². The van der Waals surface area contributed by atoms with E-state index < -0.39 is 0 Å². The van der Waals surface area contributed by atoms with Gasteiger partial charge in [-0.2, -0.15) is 0 Å². The van der Waals surface area contributed by atoms with Gasteiger partial charge in [0.2, 0.25) is 0 Å². The molecule has 2 aromatic heterocycles. The van der Waals surface area contributed by atoms with Crippen LogP contribution >= 0.6 is 0 Å². The van der Waals surface area contributed by atoms with Gasteiger partial charge in [0.15, 0.2) is 0 Å². The third kappa shape index (κ3) is 5.49. The average Bonchev–Trinajstić information content (AvgIpc) is 2.67. The zero-order valence-electron chi connectivity index (χ0n) is 5.96. The van der Waals surface area contributed by atoms with E-state index in [0.29, 0.717) is 0 Å². The van der Waals surface area contributed by atoms with Crippen LogP contribution in [-0.4, -0.2) is 9.97 Å². The fourth-order valence-corrected chi connectivity index (χ4v) is 0.385. The van der Waals surface area contributed by atoms with Gasteiger partial charge in [0.25, 0.3) is 0 Å². The topological polar surface area (TPSA) is 54.0 Å². The molecule has 0 fully saturated rings. The number of rotatable bonds is 0. The minimum Gasteiger partial charge on any atom is -0.450 e. The Kier molecular flexibility index (Phi) is 6.53. The van der Waals surface area contributed by atoms with Crippen molar-refractivity contribution in [1.82, 2.24) is 19.9 Å². The largest absolute Gasteiger partial charge is 2.00 e. The Morgan fingerprint density at radius 3 is 1.36 bits per heavy atom. The van der Waals surface area contributed by atoms with Gasteiger partial charge in [-0.1, -0.05) is 37.4 Å². The van der Waals surface area contributed by atoms with Crippen LogP contribution in [0.5, 0.6) is 0 Å². The monoisotopic (exact) mass is 198 g/mol. The van der Waals surface area contributed by atoms with Crippen LogP contribution in [0.1, 0.15) is 0 Å². The fourth-order valence-electron chi connectivity index (χ4n) is 0.385. The molecule has 2 heterocycles. The summed E-state index contributed by atoms with van der Waals surface area (Å²) in [6.07, 6.45) is 9.56. The number of aromatic nitrogens is 4. The second-order valence-electron chi connectivity index (χ2n) is 1.42. The summed E-state index contributed by atoms with van der Waals surface area (Å²) in [5.41, 5.74) is 0. The molecule has 0 saturated carbocycles. The molecule has 0 bridgehead atoms. The minimum atomic E-state index is 0. The molecule has 0 radical (unpaired) electrons. The molecule has 4 nitrogen and oxygen atoms in total. The molecule has 0 aliphatic heterocycles. The van der Waals surface area contributed by atoms with E-state index in [1.165, 1.54) is 12.7 Å². The maximum Gasteiger partial charge on any atom is 2.00 e. The zero-order chi connectivity index (χ0) is 7.07. The molecule has 2 rings (SSSR count). The van der Waals surface area contributed by atoms with E-state index in [2.05, 4.69) is 19.9 Å². The Morgan fingerprint density at radius 1 is 0.818 bits per heavy atom. The molecule has 0 N–H and O–H groups in total. The number of nitrogens with zero attached hydrogens (tertiary/aromatic N) is 4. The van der Waals surface area contributed by atoms with Gasteiger partial charge in [-0.15, -0.1) is 0 Å². The van der Waals surface area contributed by atoms with Crippen LogP contribution in [0.25, 0.3) is 0 Å². The van der Waals surface area contributed by atoms with E-state index >= 15 is 0 Å². The molecule has 2 aromatic rings. The molecule has 0 aliphatic carbocycles. The normalized spacial score (nSPS) is 7.27. The molecule has 52 valence electrons. The zero-order valence-corrected chi connectivity index (χ0v) is 8.93. The Labute approximate surface area is 77.2 Å². The molecule has 0 spiro atoms. The van der Waals surface area contributed by atoms with Gasteiger partial charge >= 0.3 is 19.5 Å². The van der Waals surface area contributed by atoms with Crippen molar-refractivity contribution in [3.05, 3.63) is 37.4 Å². The van der Waals surface area contributed by atoms with E-state index in [1.54, 1.807) is 24.8 Å². The summed E-state index contributed by atoms with van der Waals surface area (Å²) in [5.74, 6) is 0. The van der Waals surface area contributed by atoms with Gasteiger partial charge in [-0.3, -0.25) is 0 Å². The Balaban J connectivity index is 0.000000167. The molecule has 0 atom stereocenters. The third-order valence-electron chi connectivity index (χ3n) is 0.744. The smallest absolute Gasteiger partial charge is 0.450 e. The molecular weight excluding hydrogens is 193 g/mol. The first-order chi connectivity index (χ1) is 5.00. The number of hydrogen-bond acceptors (Lipinski definition) is 2. The molecule has 0 unspecified atom stereocenters. The summed E-state index contributed by atoms with van der Waals surface area (Å²) in [5, 5.41) is 0. The second-order valence-corrected chi connectivity index (χ2v) is 1.42. The Morgan fingerprint density at radius 2 is 1.27 bits per heavy atom. The van der Waals surface area contributed by atoms with Crippen LogP contribution in [0.15, 0.2) is 37.4 Å². The van der Waals surface area contributed by atoms with Gasteiger partial charge in [0.1, 0.15) is 0 Å². The van der Waals surface area contributed by atoms with E-state index in [9.17, 15) is 0 Å². The predicted octanol–water partition coefficient (Wildman–Crippen LogP) is 0.0751. The van der Waals surface area contributed by atoms with E-state index in [1.807, 2.05) is 0 Å². The van der Waals surface area contributed by atoms with Crippen molar-refractivity contribution in [3.8, 4) is 0 Å². The average molecular weight is 200 g/mol. The molecule has 0 aliphatic rings. The Hall–Kier alpha value is -0.957. The summed E-state index contributed by atoms with van der Waals surface area (Å²) in [6, 6.07) is 0. The van der Waals surface area contributed by atoms with Gasteiger partial charge in [0.05, 0.1) is 0 Å². The first kappa shape index (κ1) is 10.0. The Bertz CT molecular complexity index is 154. The predicted molar refractivity (Wildman–Crippen MR) is 35.1 cm³/mol. The van der Waals surface area contributed by atoms with Crippen LogP contribution < -0.4 is 9.97 Å². The van der Waals surface area contributed by atoms with E-state index in [0.717, 1.165) is 0 Å². The summed E-state index contributed by atoms with van der Waals surface area (Å²) < 4.78 is 0. The maximum atomic E-state index is 3.61. The molecular formula is C6H6N4Zn. The van der Waals surface area contributed by atoms with E-state index in [4.69, 9.17) is 0 Å². The van der Waals surface area contributed by atoms with Crippen molar-refractivity contribution in [2.75, 3.05) is 0 Å². The van der Waals surface area contributed by atoms with E-state index in [-0.39, 0.29) is 19.5 Å². The van der Waals surface area contributed by atoms with Crippen LogP contribution in [0, 0.1) is 0 Å². The minimum absolute atomic E-state index is 0. The maximum absolute atomic E-state index is 3.61. The van der Waals surface area contributed by atoms with Gasteiger partial charge in [-0.05, 0) is 0 Å². The number of imidazole rings is 2. The molecule has 0 saturated heterocycles. The molecule has 5 heteroatoms. The second kappa shape index (κ2) is 7.15.